The van der Waals surface area contributed by atoms with Crippen molar-refractivity contribution in [2.75, 3.05) is 6.54 Å². The molecule has 3 rings (SSSR count). The smallest absolute Gasteiger partial charge is 0.223 e. The maximum Gasteiger partial charge on any atom is 0.223 e. The van der Waals surface area contributed by atoms with Gasteiger partial charge in [-0.15, -0.1) is 6.58 Å². The van der Waals surface area contributed by atoms with E-state index in [9.17, 15) is 4.79 Å². The first-order chi connectivity index (χ1) is 13.4. The predicted octanol–water partition coefficient (Wildman–Crippen LogP) is 7.58. The number of likely N-dealkylation sites (tertiary alicyclic amines) is 1. The van der Waals surface area contributed by atoms with Gasteiger partial charge in [-0.25, -0.2) is 0 Å². The predicted molar refractivity (Wildman–Crippen MR) is 122 cm³/mol. The second-order valence-electron chi connectivity index (χ2n) is 7.10. The Morgan fingerprint density at radius 2 is 1.61 bits per heavy atom. The highest BCUT2D eigenvalue weighted by Gasteiger charge is 2.29. The molecule has 28 heavy (non-hydrogen) atoms. The molecule has 0 spiro atoms. The van der Waals surface area contributed by atoms with E-state index in [0.717, 1.165) is 29.4 Å². The van der Waals surface area contributed by atoms with Gasteiger partial charge in [0.2, 0.25) is 5.91 Å². The van der Waals surface area contributed by atoms with E-state index in [4.69, 9.17) is 23.2 Å². The summed E-state index contributed by atoms with van der Waals surface area (Å²) < 4.78 is 0. The van der Waals surface area contributed by atoms with Crippen LogP contribution in [-0.4, -0.2) is 17.4 Å². The van der Waals surface area contributed by atoms with Gasteiger partial charge in [0, 0.05) is 23.0 Å². The summed E-state index contributed by atoms with van der Waals surface area (Å²) in [6, 6.07) is 17.6. The molecule has 2 aromatic rings. The normalized spacial score (nSPS) is 15.9. The van der Waals surface area contributed by atoms with Crippen LogP contribution in [0.4, 0.5) is 0 Å². The van der Waals surface area contributed by atoms with E-state index >= 15 is 0 Å². The second-order valence-corrected chi connectivity index (χ2v) is 7.98. The summed E-state index contributed by atoms with van der Waals surface area (Å²) in [7, 11) is 0. The molecular formula is C24H31Cl2NO. The number of benzene rings is 2. The van der Waals surface area contributed by atoms with Gasteiger partial charge in [0.05, 0.1) is 6.04 Å². The average Bonchev–Trinajstić information content (AvgIpc) is 2.66. The van der Waals surface area contributed by atoms with Crippen LogP contribution in [0.2, 0.25) is 10.0 Å². The van der Waals surface area contributed by atoms with Gasteiger partial charge in [-0.05, 0) is 55.5 Å². The zero-order valence-corrected chi connectivity index (χ0v) is 18.6. The summed E-state index contributed by atoms with van der Waals surface area (Å²) in [5, 5.41) is 1.54. The molecule has 152 valence electrons. The lowest BCUT2D eigenvalue weighted by molar-refractivity contribution is -0.137. The number of hydrogen-bond donors (Lipinski definition) is 0. The molecule has 0 N–H and O–H groups in total. The van der Waals surface area contributed by atoms with E-state index < -0.39 is 0 Å². The number of allylic oxidation sites excluding steroid dienone is 1. The molecule has 1 amide bonds. The Morgan fingerprint density at radius 3 is 2.07 bits per heavy atom. The minimum absolute atomic E-state index is 0.228. The number of nitrogens with zero attached hydrogens (tertiary/aromatic N) is 1. The lowest BCUT2D eigenvalue weighted by Crippen LogP contribution is -2.40. The van der Waals surface area contributed by atoms with Crippen LogP contribution in [0, 0.1) is 5.92 Å². The van der Waals surface area contributed by atoms with Gasteiger partial charge in [0.15, 0.2) is 0 Å². The third-order valence-corrected chi connectivity index (χ3v) is 4.62. The number of halogens is 2. The highest BCUT2D eigenvalue weighted by molar-refractivity contribution is 6.30. The van der Waals surface area contributed by atoms with Crippen molar-refractivity contribution in [2.45, 2.75) is 46.1 Å². The zero-order chi connectivity index (χ0) is 20.9. The van der Waals surface area contributed by atoms with Crippen LogP contribution in [0.15, 0.2) is 67.3 Å². The first-order valence-electron chi connectivity index (χ1n) is 9.71. The zero-order valence-electron chi connectivity index (χ0n) is 17.1. The van der Waals surface area contributed by atoms with E-state index in [1.807, 2.05) is 66.4 Å². The van der Waals surface area contributed by atoms with E-state index in [2.05, 4.69) is 20.4 Å². The van der Waals surface area contributed by atoms with Crippen LogP contribution in [0.1, 0.15) is 51.6 Å². The molecule has 1 aliphatic heterocycles. The maximum absolute atomic E-state index is 12.1. The standard InChI is InChI=1S/C15H20ClNO.C6H5Cl.C3H6/c1-11(2)10-17-14(4-3-5-15(17)18)12-6-8-13(16)9-7-12;7-6-4-2-1-3-5-6;1-3-2/h6-9,11,14H,3-5,10H2,1-2H3;1-5H;3H,1H2,2H3/t14-;;/m0../s1. The fourth-order valence-corrected chi connectivity index (χ4v) is 3.26. The molecule has 1 fully saturated rings. The summed E-state index contributed by atoms with van der Waals surface area (Å²) in [6.07, 6.45) is 4.48. The molecule has 2 nitrogen and oxygen atoms in total. The van der Waals surface area contributed by atoms with Gasteiger partial charge in [0.25, 0.3) is 0 Å². The Hall–Kier alpha value is -1.77. The summed E-state index contributed by atoms with van der Waals surface area (Å²) >= 11 is 11.5. The monoisotopic (exact) mass is 419 g/mol. The summed E-state index contributed by atoms with van der Waals surface area (Å²) in [5.74, 6) is 0.789. The molecule has 0 unspecified atom stereocenters. The van der Waals surface area contributed by atoms with Gasteiger partial charge in [-0.1, -0.05) is 73.5 Å². The topological polar surface area (TPSA) is 20.3 Å². The van der Waals surface area contributed by atoms with E-state index in [1.54, 1.807) is 6.08 Å². The van der Waals surface area contributed by atoms with Crippen molar-refractivity contribution < 1.29 is 4.79 Å². The molecule has 1 atom stereocenters. The number of piperidine rings is 1. The van der Waals surface area contributed by atoms with Gasteiger partial charge in [-0.3, -0.25) is 4.79 Å². The Balaban J connectivity index is 0.000000324. The molecule has 2 aromatic carbocycles. The third kappa shape index (κ3) is 8.95. The molecule has 1 saturated heterocycles. The van der Waals surface area contributed by atoms with Crippen molar-refractivity contribution in [3.63, 3.8) is 0 Å². The maximum atomic E-state index is 12.1. The lowest BCUT2D eigenvalue weighted by Gasteiger charge is -2.37. The first-order valence-corrected chi connectivity index (χ1v) is 10.5. The number of carbonyl (C=O) groups excluding carboxylic acids is 1. The molecular weight excluding hydrogens is 389 g/mol. The van der Waals surface area contributed by atoms with Crippen LogP contribution in [0.5, 0.6) is 0 Å². The van der Waals surface area contributed by atoms with Crippen molar-refractivity contribution in [3.8, 4) is 0 Å². The molecule has 0 saturated carbocycles. The van der Waals surface area contributed by atoms with Gasteiger partial charge >= 0.3 is 0 Å². The van der Waals surface area contributed by atoms with E-state index in [0.29, 0.717) is 12.3 Å². The summed E-state index contributed by atoms with van der Waals surface area (Å²) in [5.41, 5.74) is 1.20. The van der Waals surface area contributed by atoms with Crippen LogP contribution in [0.3, 0.4) is 0 Å². The third-order valence-electron chi connectivity index (χ3n) is 4.11. The van der Waals surface area contributed by atoms with Crippen molar-refractivity contribution in [1.82, 2.24) is 4.90 Å². The van der Waals surface area contributed by atoms with Gasteiger partial charge < -0.3 is 4.90 Å². The van der Waals surface area contributed by atoms with Crippen LogP contribution in [-0.2, 0) is 4.79 Å². The molecule has 0 bridgehead atoms. The molecule has 1 heterocycles. The molecule has 0 radical (unpaired) electrons. The van der Waals surface area contributed by atoms with Gasteiger partial charge in [-0.2, -0.15) is 0 Å². The largest absolute Gasteiger partial charge is 0.335 e. The molecule has 0 aliphatic carbocycles. The fourth-order valence-electron chi connectivity index (χ4n) is 2.99. The average molecular weight is 420 g/mol. The number of rotatable bonds is 3. The van der Waals surface area contributed by atoms with Crippen LogP contribution in [0.25, 0.3) is 0 Å². The minimum Gasteiger partial charge on any atom is -0.335 e. The lowest BCUT2D eigenvalue weighted by atomic mass is 9.94. The van der Waals surface area contributed by atoms with Crippen molar-refractivity contribution >= 4 is 29.1 Å². The Morgan fingerprint density at radius 1 is 1.07 bits per heavy atom. The minimum atomic E-state index is 0.228. The summed E-state index contributed by atoms with van der Waals surface area (Å²) in [6.45, 7) is 10.4. The van der Waals surface area contributed by atoms with Crippen molar-refractivity contribution in [3.05, 3.63) is 82.9 Å². The Labute approximate surface area is 180 Å². The number of carbonyl (C=O) groups is 1. The number of amides is 1. The highest BCUT2D eigenvalue weighted by atomic mass is 35.5. The highest BCUT2D eigenvalue weighted by Crippen LogP contribution is 2.32. The Bertz CT molecular complexity index is 698. The van der Waals surface area contributed by atoms with Crippen LogP contribution >= 0.6 is 23.2 Å². The van der Waals surface area contributed by atoms with E-state index in [1.165, 1.54) is 5.56 Å². The molecule has 1 aliphatic rings. The molecule has 4 heteroatoms. The second kappa shape index (κ2) is 13.4. The quantitative estimate of drug-likeness (QED) is 0.469. The van der Waals surface area contributed by atoms with Crippen molar-refractivity contribution in [1.29, 1.82) is 0 Å². The fraction of sp³-hybridized carbons (Fsp3) is 0.375. The van der Waals surface area contributed by atoms with Crippen LogP contribution < -0.4 is 0 Å². The summed E-state index contributed by atoms with van der Waals surface area (Å²) in [4.78, 5) is 14.1. The molecule has 0 aromatic heterocycles. The Kier molecular flexibility index (Phi) is 11.6. The van der Waals surface area contributed by atoms with Crippen molar-refractivity contribution in [2.24, 2.45) is 5.92 Å². The first kappa shape index (κ1) is 24.3. The van der Waals surface area contributed by atoms with E-state index in [-0.39, 0.29) is 11.9 Å². The van der Waals surface area contributed by atoms with Gasteiger partial charge in [0.1, 0.15) is 0 Å². The SMILES string of the molecule is C=CC.CC(C)CN1C(=O)CCC[C@H]1c1ccc(Cl)cc1.Clc1ccccc1. The number of hydrogen-bond acceptors (Lipinski definition) is 1.